The van der Waals surface area contributed by atoms with E-state index in [4.69, 9.17) is 9.53 Å². The second-order valence-electron chi connectivity index (χ2n) is 4.88. The molecule has 0 saturated heterocycles. The van der Waals surface area contributed by atoms with Gasteiger partial charge in [-0.15, -0.1) is 0 Å². The van der Waals surface area contributed by atoms with E-state index in [1.807, 2.05) is 0 Å². The summed E-state index contributed by atoms with van der Waals surface area (Å²) >= 11 is 0. The third kappa shape index (κ3) is 4.20. The quantitative estimate of drug-likeness (QED) is 0.719. The largest absolute Gasteiger partial charge is 0.414 e. The van der Waals surface area contributed by atoms with Crippen molar-refractivity contribution in [2.75, 3.05) is 13.3 Å². The molecule has 0 radical (unpaired) electrons. The first-order valence-corrected chi connectivity index (χ1v) is 7.49. The highest BCUT2D eigenvalue weighted by Crippen LogP contribution is 2.36. The van der Waals surface area contributed by atoms with Crippen molar-refractivity contribution in [2.24, 2.45) is 0 Å². The van der Waals surface area contributed by atoms with Crippen LogP contribution in [-0.4, -0.2) is 32.8 Å². The lowest BCUT2D eigenvalue weighted by atomic mass is 10.2. The minimum atomic E-state index is -1.81. The zero-order chi connectivity index (χ0) is 10.7. The Hall–Kier alpha value is 0.0669. The molecule has 1 atom stereocenters. The number of halogens is 1. The molecular formula is C9H21FO2Si. The maximum absolute atomic E-state index is 11.9. The van der Waals surface area contributed by atoms with E-state index in [-0.39, 0.29) is 11.6 Å². The maximum Gasteiger partial charge on any atom is 0.192 e. The summed E-state index contributed by atoms with van der Waals surface area (Å²) in [6, 6.07) is 0. The van der Waals surface area contributed by atoms with Gasteiger partial charge in [-0.3, -0.25) is 0 Å². The molecule has 0 bridgehead atoms. The highest BCUT2D eigenvalue weighted by molar-refractivity contribution is 6.74. The highest BCUT2D eigenvalue weighted by atomic mass is 28.4. The van der Waals surface area contributed by atoms with E-state index < -0.39 is 21.1 Å². The van der Waals surface area contributed by atoms with E-state index in [1.54, 1.807) is 0 Å². The first-order chi connectivity index (χ1) is 5.70. The summed E-state index contributed by atoms with van der Waals surface area (Å²) in [5.41, 5.74) is 0. The van der Waals surface area contributed by atoms with Gasteiger partial charge in [-0.25, -0.2) is 4.39 Å². The molecule has 1 unspecified atom stereocenters. The number of alkyl halides is 1. The number of rotatable bonds is 4. The molecule has 0 spiro atoms. The van der Waals surface area contributed by atoms with Gasteiger partial charge in [-0.1, -0.05) is 20.8 Å². The highest BCUT2D eigenvalue weighted by Gasteiger charge is 2.37. The van der Waals surface area contributed by atoms with E-state index in [2.05, 4.69) is 33.9 Å². The van der Waals surface area contributed by atoms with Crippen LogP contribution in [-0.2, 0) is 4.43 Å². The average molecular weight is 208 g/mol. The topological polar surface area (TPSA) is 29.5 Å². The molecule has 0 aliphatic rings. The third-order valence-corrected chi connectivity index (χ3v) is 7.12. The molecule has 0 aromatic heterocycles. The zero-order valence-corrected chi connectivity index (χ0v) is 10.2. The fraction of sp³-hybridized carbons (Fsp3) is 1.00. The van der Waals surface area contributed by atoms with Crippen LogP contribution in [0.1, 0.15) is 20.8 Å². The molecule has 4 heteroatoms. The van der Waals surface area contributed by atoms with Crippen LogP contribution in [0.2, 0.25) is 18.1 Å². The van der Waals surface area contributed by atoms with Crippen molar-refractivity contribution >= 4 is 8.32 Å². The van der Waals surface area contributed by atoms with E-state index in [1.165, 1.54) is 0 Å². The van der Waals surface area contributed by atoms with Gasteiger partial charge in [0, 0.05) is 0 Å². The van der Waals surface area contributed by atoms with E-state index in [0.717, 1.165) is 0 Å². The molecule has 0 saturated carbocycles. The van der Waals surface area contributed by atoms with Crippen LogP contribution < -0.4 is 0 Å². The summed E-state index contributed by atoms with van der Waals surface area (Å²) in [6.07, 6.45) is -0.964. The SMILES string of the molecule is CC(C)(C)[Si](C)(C)OCC(O)CF. The van der Waals surface area contributed by atoms with E-state index in [9.17, 15) is 4.39 Å². The maximum atomic E-state index is 11.9. The summed E-state index contributed by atoms with van der Waals surface area (Å²) < 4.78 is 17.5. The summed E-state index contributed by atoms with van der Waals surface area (Å²) in [4.78, 5) is 0. The van der Waals surface area contributed by atoms with Gasteiger partial charge in [0.25, 0.3) is 0 Å². The first-order valence-electron chi connectivity index (χ1n) is 4.58. The van der Waals surface area contributed by atoms with Crippen molar-refractivity contribution in [3.63, 3.8) is 0 Å². The Morgan fingerprint density at radius 2 is 1.85 bits per heavy atom. The fourth-order valence-electron chi connectivity index (χ4n) is 0.566. The van der Waals surface area contributed by atoms with Crippen molar-refractivity contribution in [1.82, 2.24) is 0 Å². The standard InChI is InChI=1S/C9H21FO2Si/c1-9(2,3)13(4,5)12-7-8(11)6-10/h8,11H,6-7H2,1-5H3. The Balaban J connectivity index is 4.04. The lowest BCUT2D eigenvalue weighted by Crippen LogP contribution is -2.42. The smallest absolute Gasteiger partial charge is 0.192 e. The summed E-state index contributed by atoms with van der Waals surface area (Å²) in [5, 5.41) is 9.12. The second-order valence-corrected chi connectivity index (χ2v) is 9.69. The van der Waals surface area contributed by atoms with Crippen LogP contribution >= 0.6 is 0 Å². The number of hydrogen-bond acceptors (Lipinski definition) is 2. The van der Waals surface area contributed by atoms with Crippen molar-refractivity contribution in [1.29, 1.82) is 0 Å². The number of aliphatic hydroxyl groups is 1. The minimum absolute atomic E-state index is 0.114. The van der Waals surface area contributed by atoms with Gasteiger partial charge in [0.1, 0.15) is 12.8 Å². The molecule has 1 N–H and O–H groups in total. The van der Waals surface area contributed by atoms with Crippen LogP contribution in [0.25, 0.3) is 0 Å². The summed E-state index contributed by atoms with van der Waals surface area (Å²) in [6.45, 7) is 9.89. The molecule has 0 aliphatic carbocycles. The van der Waals surface area contributed by atoms with Crippen molar-refractivity contribution in [3.05, 3.63) is 0 Å². The molecule has 0 aromatic rings. The normalized spacial score (nSPS) is 15.9. The second kappa shape index (κ2) is 4.53. The van der Waals surface area contributed by atoms with Gasteiger partial charge in [0.15, 0.2) is 8.32 Å². The third-order valence-electron chi connectivity index (χ3n) is 2.62. The molecule has 13 heavy (non-hydrogen) atoms. The monoisotopic (exact) mass is 208 g/mol. The molecule has 80 valence electrons. The predicted octanol–water partition coefficient (Wildman–Crippen LogP) is 2.34. The molecule has 0 aromatic carbocycles. The Labute approximate surface area is 81.2 Å². The molecule has 0 fully saturated rings. The number of aliphatic hydroxyl groups excluding tert-OH is 1. The zero-order valence-electron chi connectivity index (χ0n) is 9.22. The Morgan fingerprint density at radius 1 is 1.38 bits per heavy atom. The van der Waals surface area contributed by atoms with Gasteiger partial charge in [0.2, 0.25) is 0 Å². The lowest BCUT2D eigenvalue weighted by molar-refractivity contribution is 0.0780. The van der Waals surface area contributed by atoms with Crippen LogP contribution in [0.5, 0.6) is 0 Å². The van der Waals surface area contributed by atoms with Crippen molar-refractivity contribution in [2.45, 2.75) is 45.0 Å². The predicted molar refractivity (Wildman–Crippen MR) is 55.1 cm³/mol. The fourth-order valence-corrected chi connectivity index (χ4v) is 1.61. The van der Waals surface area contributed by atoms with Crippen LogP contribution in [0.15, 0.2) is 0 Å². The molecule has 0 amide bonds. The van der Waals surface area contributed by atoms with Crippen molar-refractivity contribution < 1.29 is 13.9 Å². The van der Waals surface area contributed by atoms with Crippen LogP contribution in [0.4, 0.5) is 4.39 Å². The van der Waals surface area contributed by atoms with Crippen molar-refractivity contribution in [3.8, 4) is 0 Å². The summed E-state index contributed by atoms with van der Waals surface area (Å²) in [5.74, 6) is 0. The number of hydrogen-bond donors (Lipinski definition) is 1. The first kappa shape index (κ1) is 13.1. The van der Waals surface area contributed by atoms with Gasteiger partial charge >= 0.3 is 0 Å². The summed E-state index contributed by atoms with van der Waals surface area (Å²) in [7, 11) is -1.81. The lowest BCUT2D eigenvalue weighted by Gasteiger charge is -2.36. The van der Waals surface area contributed by atoms with Gasteiger partial charge < -0.3 is 9.53 Å². The van der Waals surface area contributed by atoms with Gasteiger partial charge in [0.05, 0.1) is 6.61 Å². The Morgan fingerprint density at radius 3 is 2.15 bits per heavy atom. The van der Waals surface area contributed by atoms with Gasteiger partial charge in [-0.05, 0) is 18.1 Å². The Bertz CT molecular complexity index is 154. The van der Waals surface area contributed by atoms with E-state index in [0.29, 0.717) is 0 Å². The molecule has 0 aliphatic heterocycles. The van der Waals surface area contributed by atoms with Crippen LogP contribution in [0.3, 0.4) is 0 Å². The van der Waals surface area contributed by atoms with Crippen LogP contribution in [0, 0.1) is 0 Å². The van der Waals surface area contributed by atoms with E-state index >= 15 is 0 Å². The molecular weight excluding hydrogens is 187 g/mol. The molecule has 0 rings (SSSR count). The Kier molecular flexibility index (Phi) is 4.55. The molecule has 0 heterocycles. The van der Waals surface area contributed by atoms with Gasteiger partial charge in [-0.2, -0.15) is 0 Å². The minimum Gasteiger partial charge on any atom is -0.414 e. The molecule has 2 nitrogen and oxygen atoms in total. The average Bonchev–Trinajstić information content (AvgIpc) is 1.98.